The molecule has 7 nitrogen and oxygen atoms in total. The number of hydrogen-bond donors (Lipinski definition) is 2. The molecule has 0 aliphatic heterocycles. The van der Waals surface area contributed by atoms with Gasteiger partial charge in [-0.05, 0) is 49.4 Å². The highest BCUT2D eigenvalue weighted by atomic mass is 35.5. The Hall–Kier alpha value is -3.13. The lowest BCUT2D eigenvalue weighted by atomic mass is 10.2. The van der Waals surface area contributed by atoms with Crippen molar-refractivity contribution >= 4 is 35.0 Å². The monoisotopic (exact) mass is 421 g/mol. The molecule has 0 unspecified atom stereocenters. The SMILES string of the molecule is CCN(CCC(=O)Nc1ccc(C(N)=O)cc1)C(=O)COc1ccc(F)cc1Cl. The maximum atomic E-state index is 13.0. The van der Waals surface area contributed by atoms with Gasteiger partial charge >= 0.3 is 0 Å². The Balaban J connectivity index is 1.82. The molecule has 0 saturated heterocycles. The lowest BCUT2D eigenvalue weighted by Crippen LogP contribution is -2.37. The third-order valence-corrected chi connectivity index (χ3v) is 4.34. The second-order valence-corrected chi connectivity index (χ2v) is 6.48. The zero-order chi connectivity index (χ0) is 21.4. The molecule has 0 fully saturated rings. The Bertz CT molecular complexity index is 890. The summed E-state index contributed by atoms with van der Waals surface area (Å²) in [6, 6.07) is 9.79. The minimum atomic E-state index is -0.552. The number of rotatable bonds is 9. The number of carbonyl (C=O) groups excluding carboxylic acids is 3. The third kappa shape index (κ3) is 6.76. The van der Waals surface area contributed by atoms with Gasteiger partial charge in [0.15, 0.2) is 6.61 Å². The van der Waals surface area contributed by atoms with E-state index < -0.39 is 11.7 Å². The lowest BCUT2D eigenvalue weighted by molar-refractivity contribution is -0.133. The van der Waals surface area contributed by atoms with E-state index >= 15 is 0 Å². The van der Waals surface area contributed by atoms with Crippen LogP contribution in [0.25, 0.3) is 0 Å². The van der Waals surface area contributed by atoms with Crippen LogP contribution >= 0.6 is 11.6 Å². The number of nitrogens with zero attached hydrogens (tertiary/aromatic N) is 1. The fourth-order valence-corrected chi connectivity index (χ4v) is 2.68. The Kier molecular flexibility index (Phi) is 7.97. The van der Waals surface area contributed by atoms with Crippen LogP contribution in [0.5, 0.6) is 5.75 Å². The first-order valence-corrected chi connectivity index (χ1v) is 9.23. The number of hydrogen-bond acceptors (Lipinski definition) is 4. The van der Waals surface area contributed by atoms with E-state index in [0.717, 1.165) is 6.07 Å². The Morgan fingerprint density at radius 3 is 2.45 bits per heavy atom. The van der Waals surface area contributed by atoms with Crippen LogP contribution in [0, 0.1) is 5.82 Å². The number of benzene rings is 2. The molecule has 0 aromatic heterocycles. The van der Waals surface area contributed by atoms with E-state index in [1.807, 2.05) is 0 Å². The molecule has 0 spiro atoms. The van der Waals surface area contributed by atoms with Gasteiger partial charge in [-0.3, -0.25) is 14.4 Å². The van der Waals surface area contributed by atoms with Gasteiger partial charge < -0.3 is 20.7 Å². The van der Waals surface area contributed by atoms with Gasteiger partial charge in [-0.25, -0.2) is 4.39 Å². The minimum absolute atomic E-state index is 0.0718. The second-order valence-electron chi connectivity index (χ2n) is 6.08. The maximum absolute atomic E-state index is 13.0. The molecule has 0 heterocycles. The fraction of sp³-hybridized carbons (Fsp3) is 0.250. The minimum Gasteiger partial charge on any atom is -0.482 e. The highest BCUT2D eigenvalue weighted by molar-refractivity contribution is 6.32. The van der Waals surface area contributed by atoms with Crippen LogP contribution in [0.2, 0.25) is 5.02 Å². The molecule has 3 amide bonds. The van der Waals surface area contributed by atoms with Crippen molar-refractivity contribution in [3.8, 4) is 5.75 Å². The first-order valence-electron chi connectivity index (χ1n) is 8.85. The summed E-state index contributed by atoms with van der Waals surface area (Å²) in [4.78, 5) is 36.9. The zero-order valence-electron chi connectivity index (χ0n) is 15.8. The molecule has 0 bridgehead atoms. The molecule has 0 aliphatic carbocycles. The molecule has 0 aliphatic rings. The number of amides is 3. The summed E-state index contributed by atoms with van der Waals surface area (Å²) in [6.45, 7) is 2.08. The smallest absolute Gasteiger partial charge is 0.260 e. The highest BCUT2D eigenvalue weighted by Crippen LogP contribution is 2.24. The first-order chi connectivity index (χ1) is 13.8. The summed E-state index contributed by atoms with van der Waals surface area (Å²) in [5.74, 6) is -1.46. The van der Waals surface area contributed by atoms with Crippen molar-refractivity contribution in [2.75, 3.05) is 25.0 Å². The summed E-state index contributed by atoms with van der Waals surface area (Å²) < 4.78 is 18.4. The Morgan fingerprint density at radius 2 is 1.86 bits per heavy atom. The molecule has 154 valence electrons. The number of likely N-dealkylation sites (N-methyl/N-ethyl adjacent to an activating group) is 1. The van der Waals surface area contributed by atoms with Gasteiger partial charge in [0, 0.05) is 30.8 Å². The van der Waals surface area contributed by atoms with Crippen LogP contribution in [0.15, 0.2) is 42.5 Å². The Labute approximate surface area is 172 Å². The maximum Gasteiger partial charge on any atom is 0.260 e. The van der Waals surface area contributed by atoms with Crippen LogP contribution in [0.1, 0.15) is 23.7 Å². The molecule has 2 rings (SSSR count). The highest BCUT2D eigenvalue weighted by Gasteiger charge is 2.15. The summed E-state index contributed by atoms with van der Waals surface area (Å²) in [7, 11) is 0. The molecular formula is C20H21ClFN3O4. The van der Waals surface area contributed by atoms with Gasteiger partial charge in [0.1, 0.15) is 11.6 Å². The molecule has 0 radical (unpaired) electrons. The molecule has 2 aromatic rings. The molecule has 3 N–H and O–H groups in total. The number of halogens is 2. The predicted octanol–water partition coefficient (Wildman–Crippen LogP) is 2.83. The largest absolute Gasteiger partial charge is 0.482 e. The van der Waals surface area contributed by atoms with E-state index in [9.17, 15) is 18.8 Å². The quantitative estimate of drug-likeness (QED) is 0.649. The summed E-state index contributed by atoms with van der Waals surface area (Å²) in [6.07, 6.45) is 0.0778. The van der Waals surface area contributed by atoms with E-state index in [1.54, 1.807) is 19.1 Å². The predicted molar refractivity (Wildman–Crippen MR) is 107 cm³/mol. The average molecular weight is 422 g/mol. The molecule has 0 saturated carbocycles. The van der Waals surface area contributed by atoms with Crippen LogP contribution in [0.3, 0.4) is 0 Å². The van der Waals surface area contributed by atoms with Crippen molar-refractivity contribution in [3.05, 3.63) is 58.9 Å². The number of primary amides is 1. The zero-order valence-corrected chi connectivity index (χ0v) is 16.5. The summed E-state index contributed by atoms with van der Waals surface area (Å²) >= 11 is 5.86. The van der Waals surface area contributed by atoms with E-state index in [4.69, 9.17) is 22.1 Å². The molecular weight excluding hydrogens is 401 g/mol. The average Bonchev–Trinajstić information content (AvgIpc) is 2.68. The molecule has 2 aromatic carbocycles. The number of anilines is 1. The first kappa shape index (κ1) is 22.2. The second kappa shape index (κ2) is 10.4. The number of carbonyl (C=O) groups is 3. The van der Waals surface area contributed by atoms with Gasteiger partial charge in [-0.15, -0.1) is 0 Å². The topological polar surface area (TPSA) is 102 Å². The van der Waals surface area contributed by atoms with Crippen molar-refractivity contribution < 1.29 is 23.5 Å². The number of ether oxygens (including phenoxy) is 1. The van der Waals surface area contributed by atoms with Crippen molar-refractivity contribution in [2.24, 2.45) is 5.73 Å². The van der Waals surface area contributed by atoms with Gasteiger partial charge in [-0.2, -0.15) is 0 Å². The van der Waals surface area contributed by atoms with E-state index in [0.29, 0.717) is 17.8 Å². The van der Waals surface area contributed by atoms with Crippen molar-refractivity contribution in [1.29, 1.82) is 0 Å². The molecule has 9 heteroatoms. The van der Waals surface area contributed by atoms with Crippen molar-refractivity contribution in [3.63, 3.8) is 0 Å². The summed E-state index contributed by atoms with van der Waals surface area (Å²) in [5.41, 5.74) is 6.03. The number of nitrogens with one attached hydrogen (secondary N) is 1. The van der Waals surface area contributed by atoms with Crippen LogP contribution in [0.4, 0.5) is 10.1 Å². The standard InChI is InChI=1S/C20H21ClFN3O4/c1-2-25(19(27)12-29-17-8-5-14(22)11-16(17)21)10-9-18(26)24-15-6-3-13(4-7-15)20(23)28/h3-8,11H,2,9-10,12H2,1H3,(H2,23,28)(H,24,26). The van der Waals surface area contributed by atoms with Gasteiger partial charge in [0.25, 0.3) is 5.91 Å². The van der Waals surface area contributed by atoms with Crippen LogP contribution < -0.4 is 15.8 Å². The van der Waals surface area contributed by atoms with E-state index in [1.165, 1.54) is 29.2 Å². The molecule has 29 heavy (non-hydrogen) atoms. The van der Waals surface area contributed by atoms with Gasteiger partial charge in [0.2, 0.25) is 11.8 Å². The van der Waals surface area contributed by atoms with Crippen LogP contribution in [-0.2, 0) is 9.59 Å². The van der Waals surface area contributed by atoms with Gasteiger partial charge in [-0.1, -0.05) is 11.6 Å². The third-order valence-electron chi connectivity index (χ3n) is 4.04. The summed E-state index contributed by atoms with van der Waals surface area (Å²) in [5, 5.41) is 2.76. The fourth-order valence-electron chi connectivity index (χ4n) is 2.46. The normalized spacial score (nSPS) is 10.3. The van der Waals surface area contributed by atoms with Crippen LogP contribution in [-0.4, -0.2) is 42.3 Å². The van der Waals surface area contributed by atoms with E-state index in [-0.39, 0.29) is 42.2 Å². The Morgan fingerprint density at radius 1 is 1.17 bits per heavy atom. The number of nitrogens with two attached hydrogens (primary N) is 1. The van der Waals surface area contributed by atoms with Crippen molar-refractivity contribution in [2.45, 2.75) is 13.3 Å². The lowest BCUT2D eigenvalue weighted by Gasteiger charge is -2.21. The van der Waals surface area contributed by atoms with Gasteiger partial charge in [0.05, 0.1) is 5.02 Å². The van der Waals surface area contributed by atoms with Crippen molar-refractivity contribution in [1.82, 2.24) is 4.90 Å². The van der Waals surface area contributed by atoms with E-state index in [2.05, 4.69) is 5.32 Å². The molecule has 0 atom stereocenters.